The van der Waals surface area contributed by atoms with Crippen LogP contribution in [0.15, 0.2) is 27.6 Å². The molecule has 1 aromatic rings. The predicted octanol–water partition coefficient (Wildman–Crippen LogP) is 2.64. The van der Waals surface area contributed by atoms with Crippen LogP contribution in [0.3, 0.4) is 0 Å². The minimum absolute atomic E-state index is 0. The van der Waals surface area contributed by atoms with Gasteiger partial charge >= 0.3 is 0 Å². The monoisotopic (exact) mass is 388 g/mol. The van der Waals surface area contributed by atoms with E-state index in [1.807, 2.05) is 0 Å². The summed E-state index contributed by atoms with van der Waals surface area (Å²) < 4.78 is 26.9. The molecule has 19 heavy (non-hydrogen) atoms. The Labute approximate surface area is 132 Å². The highest BCUT2D eigenvalue weighted by atomic mass is 79.9. The van der Waals surface area contributed by atoms with Gasteiger partial charge in [0.2, 0.25) is 10.0 Å². The second-order valence-electron chi connectivity index (χ2n) is 4.32. The molecule has 0 amide bonds. The van der Waals surface area contributed by atoms with Crippen molar-refractivity contribution in [3.63, 3.8) is 0 Å². The SMILES string of the molecule is Cl.NC1CCN(S(=O)(=O)c2ccc(Br)c(Cl)c2)CC1. The first-order valence-electron chi connectivity index (χ1n) is 5.62. The summed E-state index contributed by atoms with van der Waals surface area (Å²) in [7, 11) is -3.45. The average molecular weight is 390 g/mol. The Bertz CT molecular complexity index is 546. The third-order valence-electron chi connectivity index (χ3n) is 3.03. The molecule has 1 aliphatic rings. The van der Waals surface area contributed by atoms with Crippen LogP contribution in [0.25, 0.3) is 0 Å². The molecule has 0 saturated carbocycles. The second kappa shape index (κ2) is 6.74. The lowest BCUT2D eigenvalue weighted by Crippen LogP contribution is -2.42. The molecule has 0 aliphatic carbocycles. The summed E-state index contributed by atoms with van der Waals surface area (Å²) >= 11 is 9.18. The Morgan fingerprint density at radius 2 is 1.89 bits per heavy atom. The highest BCUT2D eigenvalue weighted by Crippen LogP contribution is 2.27. The molecule has 2 rings (SSSR count). The first kappa shape index (κ1) is 17.2. The van der Waals surface area contributed by atoms with Crippen molar-refractivity contribution in [1.29, 1.82) is 0 Å². The number of nitrogens with two attached hydrogens (primary N) is 1. The quantitative estimate of drug-likeness (QED) is 0.845. The molecular formula is C11H15BrCl2N2O2S. The van der Waals surface area contributed by atoms with E-state index in [-0.39, 0.29) is 23.3 Å². The van der Waals surface area contributed by atoms with E-state index < -0.39 is 10.0 Å². The summed E-state index contributed by atoms with van der Waals surface area (Å²) in [4.78, 5) is 0.228. The maximum Gasteiger partial charge on any atom is 0.243 e. The first-order chi connectivity index (χ1) is 8.41. The third kappa shape index (κ3) is 3.83. The van der Waals surface area contributed by atoms with Crippen molar-refractivity contribution < 1.29 is 8.42 Å². The van der Waals surface area contributed by atoms with Crippen molar-refractivity contribution in [1.82, 2.24) is 4.31 Å². The summed E-state index contributed by atoms with van der Waals surface area (Å²) in [6.45, 7) is 0.939. The van der Waals surface area contributed by atoms with Gasteiger partial charge in [0.25, 0.3) is 0 Å². The molecule has 2 N–H and O–H groups in total. The summed E-state index contributed by atoms with van der Waals surface area (Å²) in [6, 6.07) is 4.77. The number of nitrogens with zero attached hydrogens (tertiary/aromatic N) is 1. The molecule has 0 unspecified atom stereocenters. The molecule has 1 aromatic carbocycles. The molecule has 0 spiro atoms. The molecule has 1 fully saturated rings. The number of halogens is 3. The van der Waals surface area contributed by atoms with Crippen LogP contribution in [-0.4, -0.2) is 31.9 Å². The van der Waals surface area contributed by atoms with Crippen LogP contribution in [0.2, 0.25) is 5.02 Å². The van der Waals surface area contributed by atoms with Crippen LogP contribution in [-0.2, 0) is 10.0 Å². The van der Waals surface area contributed by atoms with E-state index in [0.717, 1.165) is 0 Å². The zero-order valence-electron chi connectivity index (χ0n) is 10.1. The van der Waals surface area contributed by atoms with E-state index in [4.69, 9.17) is 17.3 Å². The van der Waals surface area contributed by atoms with E-state index in [0.29, 0.717) is 35.4 Å². The van der Waals surface area contributed by atoms with Gasteiger partial charge < -0.3 is 5.73 Å². The molecule has 1 heterocycles. The summed E-state index contributed by atoms with van der Waals surface area (Å²) in [5.41, 5.74) is 5.77. The Balaban J connectivity index is 0.00000180. The number of sulfonamides is 1. The maximum atomic E-state index is 12.4. The van der Waals surface area contributed by atoms with Gasteiger partial charge in [-0.05, 0) is 47.0 Å². The summed E-state index contributed by atoms with van der Waals surface area (Å²) in [5, 5.41) is 0.393. The minimum atomic E-state index is -3.45. The number of piperidine rings is 1. The van der Waals surface area contributed by atoms with Crippen LogP contribution in [0, 0.1) is 0 Å². The molecule has 4 nitrogen and oxygen atoms in total. The number of hydrogen-bond donors (Lipinski definition) is 1. The van der Waals surface area contributed by atoms with Gasteiger partial charge in [0.1, 0.15) is 0 Å². The van der Waals surface area contributed by atoms with Crippen molar-refractivity contribution in [2.45, 2.75) is 23.8 Å². The fraction of sp³-hybridized carbons (Fsp3) is 0.455. The highest BCUT2D eigenvalue weighted by molar-refractivity contribution is 9.10. The number of hydrogen-bond acceptors (Lipinski definition) is 3. The Morgan fingerprint density at radius 3 is 2.42 bits per heavy atom. The number of benzene rings is 1. The van der Waals surface area contributed by atoms with E-state index >= 15 is 0 Å². The molecule has 1 aliphatic heterocycles. The Kier molecular flexibility index (Phi) is 6.10. The zero-order chi connectivity index (χ0) is 13.3. The molecular weight excluding hydrogens is 375 g/mol. The van der Waals surface area contributed by atoms with Crippen molar-refractivity contribution in [3.8, 4) is 0 Å². The fourth-order valence-corrected chi connectivity index (χ4v) is 3.89. The van der Waals surface area contributed by atoms with Gasteiger partial charge in [-0.2, -0.15) is 4.31 Å². The van der Waals surface area contributed by atoms with Crippen LogP contribution in [0.4, 0.5) is 0 Å². The lowest BCUT2D eigenvalue weighted by atomic mass is 10.1. The normalized spacial score (nSPS) is 18.1. The molecule has 8 heteroatoms. The minimum Gasteiger partial charge on any atom is -0.328 e. The third-order valence-corrected chi connectivity index (χ3v) is 6.15. The average Bonchev–Trinajstić information content (AvgIpc) is 2.33. The molecule has 0 radical (unpaired) electrons. The lowest BCUT2D eigenvalue weighted by molar-refractivity contribution is 0.320. The van der Waals surface area contributed by atoms with Gasteiger partial charge in [0.15, 0.2) is 0 Å². The zero-order valence-corrected chi connectivity index (χ0v) is 14.0. The van der Waals surface area contributed by atoms with Crippen molar-refractivity contribution >= 4 is 50.0 Å². The van der Waals surface area contributed by atoms with Crippen LogP contribution < -0.4 is 5.73 Å². The Morgan fingerprint density at radius 1 is 1.32 bits per heavy atom. The first-order valence-corrected chi connectivity index (χ1v) is 8.23. The molecule has 0 aromatic heterocycles. The van der Waals surface area contributed by atoms with Gasteiger partial charge in [-0.3, -0.25) is 0 Å². The van der Waals surface area contributed by atoms with E-state index in [1.165, 1.54) is 10.4 Å². The van der Waals surface area contributed by atoms with Crippen molar-refractivity contribution in [2.75, 3.05) is 13.1 Å². The molecule has 0 bridgehead atoms. The second-order valence-corrected chi connectivity index (χ2v) is 7.52. The molecule has 108 valence electrons. The van der Waals surface area contributed by atoms with Crippen LogP contribution in [0.5, 0.6) is 0 Å². The van der Waals surface area contributed by atoms with Gasteiger partial charge in [0.05, 0.1) is 9.92 Å². The topological polar surface area (TPSA) is 63.4 Å². The van der Waals surface area contributed by atoms with Gasteiger partial charge in [0, 0.05) is 23.6 Å². The summed E-state index contributed by atoms with van der Waals surface area (Å²) in [6.07, 6.45) is 1.40. The van der Waals surface area contributed by atoms with Crippen molar-refractivity contribution in [3.05, 3.63) is 27.7 Å². The van der Waals surface area contributed by atoms with E-state index in [9.17, 15) is 8.42 Å². The lowest BCUT2D eigenvalue weighted by Gasteiger charge is -2.29. The standard InChI is InChI=1S/C11H14BrClN2O2S.ClH/c12-10-2-1-9(7-11(10)13)18(16,17)15-5-3-8(14)4-6-15;/h1-2,7-8H,3-6,14H2;1H. The van der Waals surface area contributed by atoms with E-state index in [2.05, 4.69) is 15.9 Å². The predicted molar refractivity (Wildman–Crippen MR) is 82.4 cm³/mol. The highest BCUT2D eigenvalue weighted by Gasteiger charge is 2.28. The fourth-order valence-electron chi connectivity index (χ4n) is 1.90. The van der Waals surface area contributed by atoms with Crippen molar-refractivity contribution in [2.24, 2.45) is 5.73 Å². The van der Waals surface area contributed by atoms with Gasteiger partial charge in [-0.15, -0.1) is 12.4 Å². The van der Waals surface area contributed by atoms with Gasteiger partial charge in [-0.1, -0.05) is 11.6 Å². The van der Waals surface area contributed by atoms with Gasteiger partial charge in [-0.25, -0.2) is 8.42 Å². The maximum absolute atomic E-state index is 12.4. The molecule has 0 atom stereocenters. The van der Waals surface area contributed by atoms with Crippen LogP contribution >= 0.6 is 39.9 Å². The van der Waals surface area contributed by atoms with Crippen LogP contribution in [0.1, 0.15) is 12.8 Å². The number of rotatable bonds is 2. The largest absolute Gasteiger partial charge is 0.328 e. The smallest absolute Gasteiger partial charge is 0.243 e. The molecule has 1 saturated heterocycles. The van der Waals surface area contributed by atoms with E-state index in [1.54, 1.807) is 12.1 Å². The summed E-state index contributed by atoms with van der Waals surface area (Å²) in [5.74, 6) is 0. The Hall–Kier alpha value is 0.150.